The molecule has 1 amide bonds. The van der Waals surface area contributed by atoms with Crippen LogP contribution in [0.3, 0.4) is 0 Å². The molecule has 0 spiro atoms. The van der Waals surface area contributed by atoms with E-state index in [2.05, 4.69) is 15.3 Å². The first kappa shape index (κ1) is 15.7. The molecule has 3 N–H and O–H groups in total. The number of nitrogens with zero attached hydrogens (tertiary/aromatic N) is 3. The Bertz CT molecular complexity index is 625. The van der Waals surface area contributed by atoms with Crippen LogP contribution >= 0.6 is 11.3 Å². The Balaban J connectivity index is 2.29. The Morgan fingerprint density at radius 2 is 2.24 bits per heavy atom. The quantitative estimate of drug-likeness (QED) is 0.815. The van der Waals surface area contributed by atoms with Crippen LogP contribution in [0.4, 0.5) is 5.82 Å². The molecule has 0 fully saturated rings. The van der Waals surface area contributed by atoms with Gasteiger partial charge < -0.3 is 11.1 Å². The predicted molar refractivity (Wildman–Crippen MR) is 86.3 cm³/mol. The molecule has 114 valence electrons. The highest BCUT2D eigenvalue weighted by Crippen LogP contribution is 2.25. The van der Waals surface area contributed by atoms with Crippen molar-refractivity contribution in [2.45, 2.75) is 33.4 Å². The molecule has 0 aromatic carbocycles. The van der Waals surface area contributed by atoms with Crippen LogP contribution in [0.25, 0.3) is 10.2 Å². The summed E-state index contributed by atoms with van der Waals surface area (Å²) in [6.45, 7) is 7.60. The second-order valence-corrected chi connectivity index (χ2v) is 6.02. The van der Waals surface area contributed by atoms with Crippen molar-refractivity contribution in [3.63, 3.8) is 0 Å². The van der Waals surface area contributed by atoms with Crippen molar-refractivity contribution in [1.29, 1.82) is 0 Å². The Morgan fingerprint density at radius 3 is 2.86 bits per heavy atom. The maximum atomic E-state index is 11.2. The minimum atomic E-state index is -0.340. The van der Waals surface area contributed by atoms with Crippen LogP contribution in [-0.4, -0.2) is 39.9 Å². The van der Waals surface area contributed by atoms with Crippen LogP contribution in [-0.2, 0) is 11.3 Å². The molecule has 2 rings (SSSR count). The number of aromatic nitrogens is 2. The average Bonchev–Trinajstić information content (AvgIpc) is 2.86. The van der Waals surface area contributed by atoms with E-state index < -0.39 is 0 Å². The lowest BCUT2D eigenvalue weighted by Crippen LogP contribution is -2.38. The minimum Gasteiger partial charge on any atom is -0.370 e. The van der Waals surface area contributed by atoms with Crippen molar-refractivity contribution in [2.24, 2.45) is 5.73 Å². The maximum Gasteiger partial charge on any atom is 0.231 e. The van der Waals surface area contributed by atoms with E-state index in [9.17, 15) is 4.79 Å². The van der Waals surface area contributed by atoms with E-state index in [1.165, 1.54) is 0 Å². The van der Waals surface area contributed by atoms with E-state index in [0.717, 1.165) is 22.6 Å². The smallest absolute Gasteiger partial charge is 0.231 e. The molecule has 0 unspecified atom stereocenters. The van der Waals surface area contributed by atoms with E-state index in [1.807, 2.05) is 37.1 Å². The number of hydrogen-bond acceptors (Lipinski definition) is 6. The summed E-state index contributed by atoms with van der Waals surface area (Å²) in [7, 11) is 0. The second-order valence-electron chi connectivity index (χ2n) is 5.12. The highest BCUT2D eigenvalue weighted by Gasteiger charge is 2.16. The maximum absolute atomic E-state index is 11.2. The molecule has 0 saturated carbocycles. The van der Waals surface area contributed by atoms with E-state index in [1.54, 1.807) is 11.3 Å². The van der Waals surface area contributed by atoms with Gasteiger partial charge in [0.05, 0.1) is 18.5 Å². The number of fused-ring (bicyclic) bond motifs is 1. The molecular weight excluding hydrogens is 286 g/mol. The summed E-state index contributed by atoms with van der Waals surface area (Å²) >= 11 is 1.59. The number of hydrogen-bond donors (Lipinski definition) is 2. The lowest BCUT2D eigenvalue weighted by Gasteiger charge is -2.24. The summed E-state index contributed by atoms with van der Waals surface area (Å²) in [4.78, 5) is 23.3. The average molecular weight is 307 g/mol. The topological polar surface area (TPSA) is 84.1 Å². The number of thiophene rings is 1. The summed E-state index contributed by atoms with van der Waals surface area (Å²) in [5.74, 6) is 1.21. The molecular formula is C14H21N5OS. The third-order valence-electron chi connectivity index (χ3n) is 3.15. The van der Waals surface area contributed by atoms with Crippen molar-refractivity contribution in [2.75, 3.05) is 18.4 Å². The first-order chi connectivity index (χ1) is 10.0. The Morgan fingerprint density at radius 1 is 1.48 bits per heavy atom. The summed E-state index contributed by atoms with van der Waals surface area (Å²) in [6.07, 6.45) is 0. The van der Waals surface area contributed by atoms with Crippen LogP contribution in [0.2, 0.25) is 0 Å². The molecule has 2 heterocycles. The first-order valence-electron chi connectivity index (χ1n) is 7.01. The van der Waals surface area contributed by atoms with Gasteiger partial charge in [-0.2, -0.15) is 0 Å². The number of primary amides is 1. The standard InChI is InChI=1S/C14H21N5OS/c1-4-16-13-10-5-6-21-14(10)18-12(17-13)8-19(9(2)3)7-11(15)20/h5-6,9H,4,7-8H2,1-3H3,(H2,15,20)(H,16,17,18). The molecule has 0 bridgehead atoms. The highest BCUT2D eigenvalue weighted by molar-refractivity contribution is 7.16. The van der Waals surface area contributed by atoms with Crippen LogP contribution in [0, 0.1) is 0 Å². The number of amides is 1. The fourth-order valence-electron chi connectivity index (χ4n) is 2.08. The third kappa shape index (κ3) is 3.89. The Hall–Kier alpha value is -1.73. The minimum absolute atomic E-state index is 0.197. The fraction of sp³-hybridized carbons (Fsp3) is 0.500. The van der Waals surface area contributed by atoms with Crippen LogP contribution < -0.4 is 11.1 Å². The molecule has 0 atom stereocenters. The first-order valence-corrected chi connectivity index (χ1v) is 7.89. The van der Waals surface area contributed by atoms with Gasteiger partial charge in [0.15, 0.2) is 0 Å². The second kappa shape index (κ2) is 6.82. The zero-order chi connectivity index (χ0) is 15.4. The monoisotopic (exact) mass is 307 g/mol. The lowest BCUT2D eigenvalue weighted by molar-refractivity contribution is -0.119. The number of anilines is 1. The molecule has 2 aromatic rings. The Kier molecular flexibility index (Phi) is 5.08. The van der Waals surface area contributed by atoms with E-state index in [0.29, 0.717) is 12.4 Å². The molecule has 0 aliphatic heterocycles. The normalized spacial score (nSPS) is 11.5. The fourth-order valence-corrected chi connectivity index (χ4v) is 2.86. The lowest BCUT2D eigenvalue weighted by atomic mass is 10.3. The Labute approximate surface area is 128 Å². The highest BCUT2D eigenvalue weighted by atomic mass is 32.1. The van der Waals surface area contributed by atoms with Gasteiger partial charge in [0.1, 0.15) is 16.5 Å². The van der Waals surface area contributed by atoms with Gasteiger partial charge in [0.2, 0.25) is 5.91 Å². The number of carbonyl (C=O) groups is 1. The largest absolute Gasteiger partial charge is 0.370 e. The zero-order valence-corrected chi connectivity index (χ0v) is 13.4. The molecule has 2 aromatic heterocycles. The van der Waals surface area contributed by atoms with Crippen LogP contribution in [0.1, 0.15) is 26.6 Å². The van der Waals surface area contributed by atoms with E-state index in [-0.39, 0.29) is 18.5 Å². The number of carbonyl (C=O) groups excluding carboxylic acids is 1. The van der Waals surface area contributed by atoms with Gasteiger partial charge >= 0.3 is 0 Å². The molecule has 0 aliphatic rings. The summed E-state index contributed by atoms with van der Waals surface area (Å²) in [6, 6.07) is 2.22. The number of rotatable bonds is 7. The number of nitrogens with one attached hydrogen (secondary N) is 1. The molecule has 6 nitrogen and oxygen atoms in total. The predicted octanol–water partition coefficient (Wildman–Crippen LogP) is 1.82. The summed E-state index contributed by atoms with van der Waals surface area (Å²) in [5, 5.41) is 6.31. The van der Waals surface area contributed by atoms with Gasteiger partial charge in [-0.05, 0) is 32.2 Å². The van der Waals surface area contributed by atoms with Crippen molar-refractivity contribution in [1.82, 2.24) is 14.9 Å². The van der Waals surface area contributed by atoms with E-state index >= 15 is 0 Å². The van der Waals surface area contributed by atoms with Crippen molar-refractivity contribution in [3.8, 4) is 0 Å². The van der Waals surface area contributed by atoms with Gasteiger partial charge in [0, 0.05) is 12.6 Å². The summed E-state index contributed by atoms with van der Waals surface area (Å²) in [5.41, 5.74) is 5.30. The van der Waals surface area contributed by atoms with Gasteiger partial charge in [-0.25, -0.2) is 9.97 Å². The van der Waals surface area contributed by atoms with Crippen molar-refractivity contribution < 1.29 is 4.79 Å². The zero-order valence-electron chi connectivity index (χ0n) is 12.6. The molecule has 21 heavy (non-hydrogen) atoms. The molecule has 0 saturated heterocycles. The third-order valence-corrected chi connectivity index (χ3v) is 3.96. The molecule has 0 radical (unpaired) electrons. The van der Waals surface area contributed by atoms with Gasteiger partial charge in [-0.3, -0.25) is 9.69 Å². The van der Waals surface area contributed by atoms with Crippen LogP contribution in [0.15, 0.2) is 11.4 Å². The van der Waals surface area contributed by atoms with Crippen molar-refractivity contribution in [3.05, 3.63) is 17.3 Å². The van der Waals surface area contributed by atoms with Gasteiger partial charge in [0.25, 0.3) is 0 Å². The summed E-state index contributed by atoms with van der Waals surface area (Å²) < 4.78 is 0. The molecule has 0 aliphatic carbocycles. The van der Waals surface area contributed by atoms with Gasteiger partial charge in [-0.15, -0.1) is 11.3 Å². The molecule has 7 heteroatoms. The van der Waals surface area contributed by atoms with Crippen LogP contribution in [0.5, 0.6) is 0 Å². The number of nitrogens with two attached hydrogens (primary N) is 1. The van der Waals surface area contributed by atoms with Gasteiger partial charge in [-0.1, -0.05) is 0 Å². The van der Waals surface area contributed by atoms with Crippen molar-refractivity contribution >= 4 is 33.3 Å². The van der Waals surface area contributed by atoms with E-state index in [4.69, 9.17) is 5.73 Å². The SMILES string of the molecule is CCNc1nc(CN(CC(N)=O)C(C)C)nc2sccc12.